The molecule has 1 unspecified atom stereocenters. The van der Waals surface area contributed by atoms with Crippen LogP contribution in [0.1, 0.15) is 16.8 Å². The maximum absolute atomic E-state index is 12.1. The first kappa shape index (κ1) is 12.0. The van der Waals surface area contributed by atoms with Crippen LogP contribution in [0.2, 0.25) is 0 Å². The van der Waals surface area contributed by atoms with Crippen molar-refractivity contribution in [2.45, 2.75) is 6.42 Å². The van der Waals surface area contributed by atoms with Crippen molar-refractivity contribution in [3.63, 3.8) is 0 Å². The summed E-state index contributed by atoms with van der Waals surface area (Å²) in [5.74, 6) is 0.287. The SMILES string of the molecule is O=C(c1ccc(O)c(O)c1)N1CCC(CCl)C1. The second-order valence-corrected chi connectivity index (χ2v) is 4.57. The van der Waals surface area contributed by atoms with Crippen LogP contribution in [0.5, 0.6) is 11.5 Å². The summed E-state index contributed by atoms with van der Waals surface area (Å²) in [7, 11) is 0. The maximum atomic E-state index is 12.1. The lowest BCUT2D eigenvalue weighted by Crippen LogP contribution is -2.28. The van der Waals surface area contributed by atoms with Crippen molar-refractivity contribution in [1.29, 1.82) is 0 Å². The lowest BCUT2D eigenvalue weighted by atomic mass is 10.1. The van der Waals surface area contributed by atoms with Gasteiger partial charge in [-0.15, -0.1) is 11.6 Å². The normalized spacial score (nSPS) is 19.6. The van der Waals surface area contributed by atoms with Gasteiger partial charge in [-0.05, 0) is 30.5 Å². The summed E-state index contributed by atoms with van der Waals surface area (Å²) in [6.45, 7) is 1.35. The summed E-state index contributed by atoms with van der Waals surface area (Å²) in [6, 6.07) is 4.11. The monoisotopic (exact) mass is 255 g/mol. The third kappa shape index (κ3) is 2.47. The summed E-state index contributed by atoms with van der Waals surface area (Å²) < 4.78 is 0. The summed E-state index contributed by atoms with van der Waals surface area (Å²) in [6.07, 6.45) is 0.916. The topological polar surface area (TPSA) is 60.8 Å². The molecule has 0 radical (unpaired) electrons. The minimum atomic E-state index is -0.274. The smallest absolute Gasteiger partial charge is 0.254 e. The molecular weight excluding hydrogens is 242 g/mol. The highest BCUT2D eigenvalue weighted by molar-refractivity contribution is 6.18. The number of nitrogens with zero attached hydrogens (tertiary/aromatic N) is 1. The second kappa shape index (κ2) is 4.84. The molecular formula is C12H14ClNO3. The molecule has 1 amide bonds. The van der Waals surface area contributed by atoms with Gasteiger partial charge in [0.25, 0.3) is 5.91 Å². The minimum Gasteiger partial charge on any atom is -0.504 e. The number of carbonyl (C=O) groups excluding carboxylic acids is 1. The summed E-state index contributed by atoms with van der Waals surface area (Å²) in [5.41, 5.74) is 0.385. The summed E-state index contributed by atoms with van der Waals surface area (Å²) in [4.78, 5) is 13.8. The molecule has 2 rings (SSSR count). The van der Waals surface area contributed by atoms with E-state index in [1.807, 2.05) is 0 Å². The van der Waals surface area contributed by atoms with Crippen molar-refractivity contribution in [3.8, 4) is 11.5 Å². The van der Waals surface area contributed by atoms with Crippen LogP contribution in [0.15, 0.2) is 18.2 Å². The first-order chi connectivity index (χ1) is 8.11. The van der Waals surface area contributed by atoms with Crippen LogP contribution in [-0.4, -0.2) is 40.0 Å². The van der Waals surface area contributed by atoms with Gasteiger partial charge in [0.15, 0.2) is 11.5 Å². The first-order valence-electron chi connectivity index (χ1n) is 5.49. The number of alkyl halides is 1. The van der Waals surface area contributed by atoms with Crippen LogP contribution in [0.3, 0.4) is 0 Å². The van der Waals surface area contributed by atoms with E-state index in [1.54, 1.807) is 4.90 Å². The molecule has 92 valence electrons. The van der Waals surface area contributed by atoms with Gasteiger partial charge in [0.1, 0.15) is 0 Å². The Labute approximate surface area is 104 Å². The van der Waals surface area contributed by atoms with Crippen LogP contribution in [0.25, 0.3) is 0 Å². The van der Waals surface area contributed by atoms with Crippen LogP contribution in [0, 0.1) is 5.92 Å². The lowest BCUT2D eigenvalue weighted by molar-refractivity contribution is 0.0788. The molecule has 5 heteroatoms. The number of halogens is 1. The highest BCUT2D eigenvalue weighted by Crippen LogP contribution is 2.27. The van der Waals surface area contributed by atoms with Gasteiger partial charge in [0.05, 0.1) is 0 Å². The Kier molecular flexibility index (Phi) is 3.43. The molecule has 1 atom stereocenters. The number of rotatable bonds is 2. The van der Waals surface area contributed by atoms with Gasteiger partial charge >= 0.3 is 0 Å². The fraction of sp³-hybridized carbons (Fsp3) is 0.417. The molecule has 1 aliphatic heterocycles. The Morgan fingerprint density at radius 1 is 1.41 bits per heavy atom. The zero-order valence-electron chi connectivity index (χ0n) is 9.27. The molecule has 17 heavy (non-hydrogen) atoms. The first-order valence-corrected chi connectivity index (χ1v) is 6.02. The maximum Gasteiger partial charge on any atom is 0.254 e. The Morgan fingerprint density at radius 3 is 2.76 bits per heavy atom. The van der Waals surface area contributed by atoms with Crippen molar-refractivity contribution in [2.24, 2.45) is 5.92 Å². The van der Waals surface area contributed by atoms with Gasteiger partial charge in [0, 0.05) is 24.5 Å². The molecule has 1 saturated heterocycles. The third-order valence-corrected chi connectivity index (χ3v) is 3.45. The van der Waals surface area contributed by atoms with Crippen molar-refractivity contribution < 1.29 is 15.0 Å². The van der Waals surface area contributed by atoms with E-state index in [0.29, 0.717) is 30.5 Å². The van der Waals surface area contributed by atoms with E-state index in [1.165, 1.54) is 18.2 Å². The molecule has 0 aromatic heterocycles. The van der Waals surface area contributed by atoms with E-state index in [2.05, 4.69) is 0 Å². The Hall–Kier alpha value is -1.42. The van der Waals surface area contributed by atoms with Gasteiger partial charge in [-0.2, -0.15) is 0 Å². The van der Waals surface area contributed by atoms with Gasteiger partial charge < -0.3 is 15.1 Å². The number of carbonyl (C=O) groups is 1. The largest absolute Gasteiger partial charge is 0.504 e. The van der Waals surface area contributed by atoms with Crippen molar-refractivity contribution in [2.75, 3.05) is 19.0 Å². The Balaban J connectivity index is 2.12. The molecule has 0 bridgehead atoms. The fourth-order valence-corrected chi connectivity index (χ4v) is 2.23. The van der Waals surface area contributed by atoms with Crippen LogP contribution >= 0.6 is 11.6 Å². The molecule has 0 saturated carbocycles. The average Bonchev–Trinajstić information content (AvgIpc) is 2.80. The molecule has 0 spiro atoms. The Bertz CT molecular complexity index is 436. The zero-order chi connectivity index (χ0) is 12.4. The minimum absolute atomic E-state index is 0.132. The van der Waals surface area contributed by atoms with Gasteiger partial charge in [-0.3, -0.25) is 4.79 Å². The predicted octanol–water partition coefficient (Wildman–Crippen LogP) is 1.80. The number of hydrogen-bond donors (Lipinski definition) is 2. The second-order valence-electron chi connectivity index (χ2n) is 4.26. The van der Waals surface area contributed by atoms with E-state index in [0.717, 1.165) is 6.42 Å². The molecule has 0 aliphatic carbocycles. The number of amides is 1. The molecule has 2 N–H and O–H groups in total. The lowest BCUT2D eigenvalue weighted by Gasteiger charge is -2.16. The van der Waals surface area contributed by atoms with Crippen LogP contribution in [0.4, 0.5) is 0 Å². The van der Waals surface area contributed by atoms with Crippen molar-refractivity contribution in [3.05, 3.63) is 23.8 Å². The number of hydrogen-bond acceptors (Lipinski definition) is 3. The highest BCUT2D eigenvalue weighted by atomic mass is 35.5. The average molecular weight is 256 g/mol. The van der Waals surface area contributed by atoms with E-state index >= 15 is 0 Å². The standard InChI is InChI=1S/C12H14ClNO3/c13-6-8-3-4-14(7-8)12(17)9-1-2-10(15)11(16)5-9/h1-2,5,8,15-16H,3-4,6-7H2. The third-order valence-electron chi connectivity index (χ3n) is 3.01. The number of likely N-dealkylation sites (tertiary alicyclic amines) is 1. The van der Waals surface area contributed by atoms with Gasteiger partial charge in [-0.1, -0.05) is 0 Å². The van der Waals surface area contributed by atoms with Gasteiger partial charge in [0.2, 0.25) is 0 Å². The molecule has 1 aromatic carbocycles. The number of benzene rings is 1. The van der Waals surface area contributed by atoms with E-state index < -0.39 is 0 Å². The number of phenols is 2. The quantitative estimate of drug-likeness (QED) is 0.626. The molecule has 1 aromatic rings. The highest BCUT2D eigenvalue weighted by Gasteiger charge is 2.26. The van der Waals surface area contributed by atoms with Gasteiger partial charge in [-0.25, -0.2) is 0 Å². The predicted molar refractivity (Wildman–Crippen MR) is 64.5 cm³/mol. The van der Waals surface area contributed by atoms with Crippen LogP contribution in [-0.2, 0) is 0 Å². The van der Waals surface area contributed by atoms with E-state index in [4.69, 9.17) is 11.6 Å². The van der Waals surface area contributed by atoms with Crippen molar-refractivity contribution in [1.82, 2.24) is 4.90 Å². The fourth-order valence-electron chi connectivity index (χ4n) is 1.98. The zero-order valence-corrected chi connectivity index (χ0v) is 10.0. The number of phenolic OH excluding ortho intramolecular Hbond substituents is 2. The molecule has 1 heterocycles. The van der Waals surface area contributed by atoms with Crippen molar-refractivity contribution >= 4 is 17.5 Å². The van der Waals surface area contributed by atoms with E-state index in [-0.39, 0.29) is 17.4 Å². The molecule has 4 nitrogen and oxygen atoms in total. The van der Waals surface area contributed by atoms with E-state index in [9.17, 15) is 15.0 Å². The summed E-state index contributed by atoms with van der Waals surface area (Å²) >= 11 is 5.76. The molecule has 1 aliphatic rings. The number of aromatic hydroxyl groups is 2. The Morgan fingerprint density at radius 2 is 2.18 bits per heavy atom. The van der Waals surface area contributed by atoms with Crippen LogP contribution < -0.4 is 0 Å². The summed E-state index contributed by atoms with van der Waals surface area (Å²) in [5, 5.41) is 18.5. The molecule has 1 fully saturated rings.